The first-order valence-electron chi connectivity index (χ1n) is 11.5. The number of aryl methyl sites for hydroxylation is 1. The van der Waals surface area contributed by atoms with E-state index < -0.39 is 0 Å². The van der Waals surface area contributed by atoms with Crippen molar-refractivity contribution in [3.63, 3.8) is 0 Å². The maximum Gasteiger partial charge on any atom is 0.253 e. The molecule has 2 aliphatic rings. The van der Waals surface area contributed by atoms with Crippen molar-refractivity contribution in [2.45, 2.75) is 78.1 Å². The maximum absolute atomic E-state index is 12.9. The molecule has 160 valence electrons. The molecule has 1 aromatic heterocycles. The first-order chi connectivity index (χ1) is 13.9. The highest BCUT2D eigenvalue weighted by molar-refractivity contribution is 5.95. The minimum Gasteiger partial charge on any atom is -0.352 e. The molecular formula is C24H37N3O2. The number of likely N-dealkylation sites (tertiary alicyclic amines) is 1. The van der Waals surface area contributed by atoms with Crippen LogP contribution in [0.3, 0.4) is 0 Å². The second-order valence-corrected chi connectivity index (χ2v) is 9.35. The van der Waals surface area contributed by atoms with E-state index in [-0.39, 0.29) is 17.7 Å². The molecule has 0 unspecified atom stereocenters. The van der Waals surface area contributed by atoms with Crippen LogP contribution in [0, 0.1) is 18.8 Å². The topological polar surface area (TPSA) is 62.3 Å². The van der Waals surface area contributed by atoms with Crippen molar-refractivity contribution in [3.05, 3.63) is 29.1 Å². The van der Waals surface area contributed by atoms with Gasteiger partial charge in [-0.3, -0.25) is 14.6 Å². The average molecular weight is 400 g/mol. The smallest absolute Gasteiger partial charge is 0.253 e. The SMILES string of the molecule is Cc1ccc(C(=O)NCC2CCCCC2)c(C2CCN(C(=O)CC(C)C)CC2)n1. The van der Waals surface area contributed by atoms with Crippen LogP contribution in [0.15, 0.2) is 12.1 Å². The Balaban J connectivity index is 1.63. The molecule has 0 aromatic carbocycles. The summed E-state index contributed by atoms with van der Waals surface area (Å²) in [5.41, 5.74) is 2.59. The van der Waals surface area contributed by atoms with E-state index in [2.05, 4.69) is 19.2 Å². The molecule has 0 bridgehead atoms. The van der Waals surface area contributed by atoms with E-state index in [1.54, 1.807) is 0 Å². The van der Waals surface area contributed by atoms with Crippen LogP contribution in [0.2, 0.25) is 0 Å². The van der Waals surface area contributed by atoms with Gasteiger partial charge in [-0.05, 0) is 56.6 Å². The van der Waals surface area contributed by atoms with Gasteiger partial charge in [0.25, 0.3) is 5.91 Å². The predicted octanol–water partition coefficient (Wildman–Crippen LogP) is 4.45. The molecule has 2 fully saturated rings. The average Bonchev–Trinajstić information content (AvgIpc) is 2.72. The highest BCUT2D eigenvalue weighted by Gasteiger charge is 2.28. The van der Waals surface area contributed by atoms with Gasteiger partial charge in [-0.1, -0.05) is 33.1 Å². The van der Waals surface area contributed by atoms with Gasteiger partial charge in [0.2, 0.25) is 5.91 Å². The Labute approximate surface area is 175 Å². The van der Waals surface area contributed by atoms with E-state index in [0.29, 0.717) is 18.3 Å². The van der Waals surface area contributed by atoms with E-state index in [1.165, 1.54) is 32.1 Å². The first-order valence-corrected chi connectivity index (χ1v) is 11.5. The van der Waals surface area contributed by atoms with Gasteiger partial charge in [-0.15, -0.1) is 0 Å². The fraction of sp³-hybridized carbons (Fsp3) is 0.708. The number of amides is 2. The Morgan fingerprint density at radius 1 is 1.10 bits per heavy atom. The number of rotatable bonds is 6. The summed E-state index contributed by atoms with van der Waals surface area (Å²) < 4.78 is 0. The molecule has 29 heavy (non-hydrogen) atoms. The van der Waals surface area contributed by atoms with E-state index >= 15 is 0 Å². The fourth-order valence-electron chi connectivity index (χ4n) is 4.68. The number of hydrogen-bond donors (Lipinski definition) is 1. The third kappa shape index (κ3) is 6.03. The van der Waals surface area contributed by atoms with Crippen molar-refractivity contribution in [2.75, 3.05) is 19.6 Å². The van der Waals surface area contributed by atoms with Crippen molar-refractivity contribution < 1.29 is 9.59 Å². The van der Waals surface area contributed by atoms with Gasteiger partial charge in [0.05, 0.1) is 11.3 Å². The highest BCUT2D eigenvalue weighted by atomic mass is 16.2. The van der Waals surface area contributed by atoms with Crippen LogP contribution in [0.1, 0.15) is 92.9 Å². The van der Waals surface area contributed by atoms with Crippen LogP contribution in [0.5, 0.6) is 0 Å². The summed E-state index contributed by atoms with van der Waals surface area (Å²) in [6.07, 6.45) is 8.71. The molecule has 1 saturated carbocycles. The zero-order valence-electron chi connectivity index (χ0n) is 18.4. The molecule has 1 aliphatic heterocycles. The molecule has 5 nitrogen and oxygen atoms in total. The van der Waals surface area contributed by atoms with Crippen LogP contribution >= 0.6 is 0 Å². The van der Waals surface area contributed by atoms with E-state index in [9.17, 15) is 9.59 Å². The van der Waals surface area contributed by atoms with Crippen molar-refractivity contribution in [2.24, 2.45) is 11.8 Å². The molecule has 5 heteroatoms. The normalized spacial score (nSPS) is 18.8. The minimum absolute atomic E-state index is 0.0105. The lowest BCUT2D eigenvalue weighted by Crippen LogP contribution is -2.39. The largest absolute Gasteiger partial charge is 0.352 e. The quantitative estimate of drug-likeness (QED) is 0.768. The monoisotopic (exact) mass is 399 g/mol. The lowest BCUT2D eigenvalue weighted by molar-refractivity contribution is -0.133. The number of nitrogens with zero attached hydrogens (tertiary/aromatic N) is 2. The molecule has 0 atom stereocenters. The van der Waals surface area contributed by atoms with E-state index in [4.69, 9.17) is 4.98 Å². The van der Waals surface area contributed by atoms with Gasteiger partial charge in [-0.2, -0.15) is 0 Å². The molecule has 2 heterocycles. The van der Waals surface area contributed by atoms with Gasteiger partial charge in [-0.25, -0.2) is 0 Å². The van der Waals surface area contributed by atoms with Gasteiger partial charge in [0, 0.05) is 37.7 Å². The Bertz CT molecular complexity index is 702. The zero-order chi connectivity index (χ0) is 20.8. The molecule has 0 spiro atoms. The molecule has 3 rings (SSSR count). The van der Waals surface area contributed by atoms with Crippen LogP contribution in [0.4, 0.5) is 0 Å². The second kappa shape index (κ2) is 10.2. The fourth-order valence-corrected chi connectivity index (χ4v) is 4.68. The zero-order valence-corrected chi connectivity index (χ0v) is 18.4. The van der Waals surface area contributed by atoms with Gasteiger partial charge in [0.15, 0.2) is 0 Å². The molecule has 0 radical (unpaired) electrons. The summed E-state index contributed by atoms with van der Waals surface area (Å²) in [5.74, 6) is 1.51. The lowest BCUT2D eigenvalue weighted by Gasteiger charge is -2.33. The molecule has 1 aromatic rings. The number of nitrogens with one attached hydrogen (secondary N) is 1. The van der Waals surface area contributed by atoms with Crippen molar-refractivity contribution in [1.82, 2.24) is 15.2 Å². The molecule has 1 aliphatic carbocycles. The summed E-state index contributed by atoms with van der Waals surface area (Å²) in [6.45, 7) is 8.44. The Morgan fingerprint density at radius 2 is 1.79 bits per heavy atom. The summed E-state index contributed by atoms with van der Waals surface area (Å²) in [7, 11) is 0. The van der Waals surface area contributed by atoms with Crippen LogP contribution < -0.4 is 5.32 Å². The Morgan fingerprint density at radius 3 is 2.45 bits per heavy atom. The van der Waals surface area contributed by atoms with Crippen molar-refractivity contribution >= 4 is 11.8 Å². The van der Waals surface area contributed by atoms with Crippen molar-refractivity contribution in [3.8, 4) is 0 Å². The third-order valence-corrected chi connectivity index (χ3v) is 6.40. The summed E-state index contributed by atoms with van der Waals surface area (Å²) in [6, 6.07) is 3.87. The van der Waals surface area contributed by atoms with E-state index in [1.807, 2.05) is 24.0 Å². The number of hydrogen-bond acceptors (Lipinski definition) is 3. The third-order valence-electron chi connectivity index (χ3n) is 6.40. The van der Waals surface area contributed by atoms with Crippen LogP contribution in [0.25, 0.3) is 0 Å². The Kier molecular flexibility index (Phi) is 7.68. The number of piperidine rings is 1. The first kappa shape index (κ1) is 21.8. The second-order valence-electron chi connectivity index (χ2n) is 9.35. The molecule has 2 amide bonds. The van der Waals surface area contributed by atoms with Gasteiger partial charge in [0.1, 0.15) is 0 Å². The van der Waals surface area contributed by atoms with E-state index in [0.717, 1.165) is 49.4 Å². The number of pyridine rings is 1. The van der Waals surface area contributed by atoms with Crippen LogP contribution in [-0.4, -0.2) is 41.3 Å². The number of aromatic nitrogens is 1. The standard InChI is InChI=1S/C24H37N3O2/c1-17(2)15-22(28)27-13-11-20(12-14-27)23-21(10-9-18(3)26-23)24(29)25-16-19-7-5-4-6-8-19/h9-10,17,19-20H,4-8,11-16H2,1-3H3,(H,25,29). The number of carbonyl (C=O) groups excluding carboxylic acids is 2. The van der Waals surface area contributed by atoms with Crippen molar-refractivity contribution in [1.29, 1.82) is 0 Å². The highest BCUT2D eigenvalue weighted by Crippen LogP contribution is 2.30. The lowest BCUT2D eigenvalue weighted by atomic mass is 9.88. The molecule has 1 saturated heterocycles. The molecule has 1 N–H and O–H groups in total. The summed E-state index contributed by atoms with van der Waals surface area (Å²) >= 11 is 0. The summed E-state index contributed by atoms with van der Waals surface area (Å²) in [5, 5.41) is 3.17. The number of carbonyl (C=O) groups is 2. The van der Waals surface area contributed by atoms with Gasteiger partial charge >= 0.3 is 0 Å². The minimum atomic E-state index is 0.0105. The summed E-state index contributed by atoms with van der Waals surface area (Å²) in [4.78, 5) is 32.1. The Hall–Kier alpha value is -1.91. The van der Waals surface area contributed by atoms with Crippen LogP contribution in [-0.2, 0) is 4.79 Å². The van der Waals surface area contributed by atoms with Gasteiger partial charge < -0.3 is 10.2 Å². The predicted molar refractivity (Wildman–Crippen MR) is 116 cm³/mol. The molecular weight excluding hydrogens is 362 g/mol. The maximum atomic E-state index is 12.9.